The lowest BCUT2D eigenvalue weighted by Crippen LogP contribution is -2.27. The Morgan fingerprint density at radius 3 is 2.75 bits per heavy atom. The molecule has 0 fully saturated rings. The molecule has 0 aliphatic carbocycles. The number of aromatic nitrogens is 2. The van der Waals surface area contributed by atoms with Crippen LogP contribution in [0.2, 0.25) is 0 Å². The fourth-order valence-corrected chi connectivity index (χ4v) is 1.90. The fraction of sp³-hybridized carbons (Fsp3) is 0.250. The minimum atomic E-state index is -0.431. The van der Waals surface area contributed by atoms with Crippen molar-refractivity contribution < 1.29 is 19.1 Å². The maximum Gasteiger partial charge on any atom is 0.337 e. The van der Waals surface area contributed by atoms with Crippen LogP contribution in [0.3, 0.4) is 0 Å². The summed E-state index contributed by atoms with van der Waals surface area (Å²) < 4.78 is 9.56. The molecule has 0 atom stereocenters. The molecule has 0 spiro atoms. The zero-order chi connectivity index (χ0) is 17.4. The summed E-state index contributed by atoms with van der Waals surface area (Å²) in [5.74, 6) is -0.315. The molecule has 1 aromatic heterocycles. The molecule has 0 bridgehead atoms. The molecule has 0 radical (unpaired) electrons. The van der Waals surface area contributed by atoms with Crippen LogP contribution in [0.1, 0.15) is 20.8 Å². The van der Waals surface area contributed by atoms with Crippen LogP contribution in [0.5, 0.6) is 0 Å². The first kappa shape index (κ1) is 17.4. The van der Waals surface area contributed by atoms with Gasteiger partial charge in [-0.15, -0.1) is 0 Å². The zero-order valence-electron chi connectivity index (χ0n) is 13.4. The highest BCUT2D eigenvalue weighted by atomic mass is 16.5. The summed E-state index contributed by atoms with van der Waals surface area (Å²) in [4.78, 5) is 31.5. The van der Waals surface area contributed by atoms with E-state index in [0.29, 0.717) is 30.2 Å². The molecule has 1 heterocycles. The Kier molecular flexibility index (Phi) is 6.21. The van der Waals surface area contributed by atoms with Crippen molar-refractivity contribution in [1.82, 2.24) is 15.3 Å². The first-order valence-corrected chi connectivity index (χ1v) is 7.18. The Hall–Kier alpha value is -3.00. The van der Waals surface area contributed by atoms with E-state index >= 15 is 0 Å². The lowest BCUT2D eigenvalue weighted by Gasteiger charge is -2.08. The van der Waals surface area contributed by atoms with Crippen LogP contribution in [0, 0.1) is 0 Å². The molecule has 8 nitrogen and oxygen atoms in total. The van der Waals surface area contributed by atoms with Crippen molar-refractivity contribution in [3.63, 3.8) is 0 Å². The van der Waals surface area contributed by atoms with Gasteiger partial charge in [-0.2, -0.15) is 0 Å². The van der Waals surface area contributed by atoms with E-state index in [1.165, 1.54) is 19.5 Å². The van der Waals surface area contributed by atoms with Gasteiger partial charge < -0.3 is 20.1 Å². The Morgan fingerprint density at radius 2 is 2.00 bits per heavy atom. The number of carbonyl (C=O) groups is 2. The molecule has 0 aliphatic heterocycles. The molecular formula is C16H18N4O4. The minimum absolute atomic E-state index is 0.229. The first-order chi connectivity index (χ1) is 11.6. The number of esters is 1. The maximum absolute atomic E-state index is 12.0. The summed E-state index contributed by atoms with van der Waals surface area (Å²) in [5, 5.41) is 5.70. The van der Waals surface area contributed by atoms with Gasteiger partial charge in [-0.1, -0.05) is 6.07 Å². The second kappa shape index (κ2) is 8.59. The molecule has 0 unspecified atom stereocenters. The number of nitrogens with zero attached hydrogens (tertiary/aromatic N) is 2. The number of amides is 1. The van der Waals surface area contributed by atoms with Gasteiger partial charge in [-0.25, -0.2) is 14.8 Å². The number of rotatable bonds is 7. The van der Waals surface area contributed by atoms with Crippen LogP contribution < -0.4 is 10.6 Å². The Balaban J connectivity index is 2.09. The summed E-state index contributed by atoms with van der Waals surface area (Å²) in [6.45, 7) is 0.811. The van der Waals surface area contributed by atoms with E-state index in [0.717, 1.165) is 0 Å². The number of nitrogens with one attached hydrogen (secondary N) is 2. The summed E-state index contributed by atoms with van der Waals surface area (Å²) in [7, 11) is 2.88. The summed E-state index contributed by atoms with van der Waals surface area (Å²) >= 11 is 0. The van der Waals surface area contributed by atoms with E-state index in [1.807, 2.05) is 0 Å². The molecular weight excluding hydrogens is 312 g/mol. The van der Waals surface area contributed by atoms with E-state index in [-0.39, 0.29) is 11.6 Å². The molecule has 24 heavy (non-hydrogen) atoms. The number of carbonyl (C=O) groups excluding carboxylic acids is 2. The second-order valence-corrected chi connectivity index (χ2v) is 4.73. The summed E-state index contributed by atoms with van der Waals surface area (Å²) in [5.41, 5.74) is 1.28. The number of benzene rings is 1. The molecule has 0 saturated heterocycles. The summed E-state index contributed by atoms with van der Waals surface area (Å²) in [6.07, 6.45) is 1.29. The SMILES string of the molecule is COCCNC(=O)c1cc(Nc2cccc(C(=O)OC)c2)ncn1. The molecule has 0 saturated carbocycles. The van der Waals surface area contributed by atoms with E-state index in [4.69, 9.17) is 4.74 Å². The van der Waals surface area contributed by atoms with Crippen molar-refractivity contribution in [2.45, 2.75) is 0 Å². The van der Waals surface area contributed by atoms with Crippen molar-refractivity contribution >= 4 is 23.4 Å². The van der Waals surface area contributed by atoms with Crippen LogP contribution in [-0.4, -0.2) is 49.2 Å². The zero-order valence-corrected chi connectivity index (χ0v) is 13.4. The quantitative estimate of drug-likeness (QED) is 0.584. The molecule has 1 amide bonds. The number of anilines is 2. The average Bonchev–Trinajstić information content (AvgIpc) is 2.61. The monoisotopic (exact) mass is 330 g/mol. The van der Waals surface area contributed by atoms with Gasteiger partial charge in [0.15, 0.2) is 0 Å². The first-order valence-electron chi connectivity index (χ1n) is 7.18. The van der Waals surface area contributed by atoms with Crippen LogP contribution in [0.4, 0.5) is 11.5 Å². The lowest BCUT2D eigenvalue weighted by molar-refractivity contribution is 0.0600. The lowest BCUT2D eigenvalue weighted by atomic mass is 10.2. The van der Waals surface area contributed by atoms with Gasteiger partial charge in [0.1, 0.15) is 17.8 Å². The van der Waals surface area contributed by atoms with Crippen molar-refractivity contribution in [1.29, 1.82) is 0 Å². The Labute approximate surface area is 139 Å². The van der Waals surface area contributed by atoms with Crippen molar-refractivity contribution in [3.05, 3.63) is 47.9 Å². The molecule has 2 aromatic rings. The van der Waals surface area contributed by atoms with E-state index in [9.17, 15) is 9.59 Å². The van der Waals surface area contributed by atoms with Gasteiger partial charge in [0.05, 0.1) is 19.3 Å². The van der Waals surface area contributed by atoms with E-state index < -0.39 is 5.97 Å². The molecule has 8 heteroatoms. The third-order valence-electron chi connectivity index (χ3n) is 3.05. The van der Waals surface area contributed by atoms with Crippen molar-refractivity contribution in [2.75, 3.05) is 32.7 Å². The van der Waals surface area contributed by atoms with Gasteiger partial charge in [0, 0.05) is 25.4 Å². The Bertz CT molecular complexity index is 721. The van der Waals surface area contributed by atoms with Gasteiger partial charge in [-0.3, -0.25) is 4.79 Å². The van der Waals surface area contributed by atoms with Crippen LogP contribution in [0.15, 0.2) is 36.7 Å². The smallest absolute Gasteiger partial charge is 0.337 e. The summed E-state index contributed by atoms with van der Waals surface area (Å²) in [6, 6.07) is 8.28. The fourth-order valence-electron chi connectivity index (χ4n) is 1.90. The largest absolute Gasteiger partial charge is 0.465 e. The van der Waals surface area contributed by atoms with Crippen molar-refractivity contribution in [3.8, 4) is 0 Å². The van der Waals surface area contributed by atoms with Gasteiger partial charge >= 0.3 is 5.97 Å². The molecule has 2 N–H and O–H groups in total. The molecule has 0 aliphatic rings. The van der Waals surface area contributed by atoms with Gasteiger partial charge in [0.25, 0.3) is 5.91 Å². The predicted molar refractivity (Wildman–Crippen MR) is 87.3 cm³/mol. The topological polar surface area (TPSA) is 102 Å². The molecule has 126 valence electrons. The number of ether oxygens (including phenoxy) is 2. The third kappa shape index (κ3) is 4.75. The second-order valence-electron chi connectivity index (χ2n) is 4.73. The van der Waals surface area contributed by atoms with Gasteiger partial charge in [-0.05, 0) is 18.2 Å². The predicted octanol–water partition coefficient (Wildman–Crippen LogP) is 1.38. The number of methoxy groups -OCH3 is 2. The Morgan fingerprint density at radius 1 is 1.17 bits per heavy atom. The van der Waals surface area contributed by atoms with Crippen LogP contribution in [-0.2, 0) is 9.47 Å². The standard InChI is InChI=1S/C16H18N4O4/c1-23-7-6-17-15(21)13-9-14(19-10-18-13)20-12-5-3-4-11(8-12)16(22)24-2/h3-5,8-10H,6-7H2,1-2H3,(H,17,21)(H,18,19,20). The van der Waals surface area contributed by atoms with E-state index in [1.54, 1.807) is 31.4 Å². The maximum atomic E-state index is 12.0. The highest BCUT2D eigenvalue weighted by molar-refractivity contribution is 5.93. The van der Waals surface area contributed by atoms with Crippen LogP contribution >= 0.6 is 0 Å². The highest BCUT2D eigenvalue weighted by Gasteiger charge is 2.09. The van der Waals surface area contributed by atoms with Gasteiger partial charge in [0.2, 0.25) is 0 Å². The average molecular weight is 330 g/mol. The highest BCUT2D eigenvalue weighted by Crippen LogP contribution is 2.16. The molecule has 1 aromatic carbocycles. The minimum Gasteiger partial charge on any atom is -0.465 e. The number of hydrogen-bond acceptors (Lipinski definition) is 7. The molecule has 2 rings (SSSR count). The number of hydrogen-bond donors (Lipinski definition) is 2. The third-order valence-corrected chi connectivity index (χ3v) is 3.05. The van der Waals surface area contributed by atoms with Crippen molar-refractivity contribution in [2.24, 2.45) is 0 Å². The van der Waals surface area contributed by atoms with E-state index in [2.05, 4.69) is 25.3 Å². The van der Waals surface area contributed by atoms with Crippen LogP contribution in [0.25, 0.3) is 0 Å². The normalized spacial score (nSPS) is 10.1.